The molecular weight excluding hydrogens is 251 g/mol. The van der Waals surface area contributed by atoms with Crippen LogP contribution in [-0.2, 0) is 10.9 Å². The first-order valence-electron chi connectivity index (χ1n) is 5.26. The number of rotatable bonds is 2. The fourth-order valence-electron chi connectivity index (χ4n) is 1.59. The number of nitrogens with one attached hydrogen (secondary N) is 1. The quantitative estimate of drug-likeness (QED) is 0.601. The molecule has 9 heteroatoms. The third kappa shape index (κ3) is 2.79. The van der Waals surface area contributed by atoms with Crippen LogP contribution in [0, 0.1) is 0 Å². The Bertz CT molecular complexity index is 419. The van der Waals surface area contributed by atoms with Gasteiger partial charge >= 0.3 is 6.18 Å². The first kappa shape index (κ1) is 12.8. The Morgan fingerprint density at radius 3 is 2.50 bits per heavy atom. The van der Waals surface area contributed by atoms with Gasteiger partial charge in [-0.25, -0.2) is 15.8 Å². The summed E-state index contributed by atoms with van der Waals surface area (Å²) in [6, 6.07) is 1.38. The second-order valence-electron chi connectivity index (χ2n) is 3.68. The second-order valence-corrected chi connectivity index (χ2v) is 3.68. The molecule has 0 atom stereocenters. The van der Waals surface area contributed by atoms with Gasteiger partial charge in [0.1, 0.15) is 11.6 Å². The first-order chi connectivity index (χ1) is 8.50. The van der Waals surface area contributed by atoms with Gasteiger partial charge in [0.2, 0.25) is 5.82 Å². The number of ether oxygens (including phenoxy) is 1. The molecule has 1 aliphatic rings. The van der Waals surface area contributed by atoms with Crippen molar-refractivity contribution in [3.63, 3.8) is 0 Å². The molecule has 0 bridgehead atoms. The van der Waals surface area contributed by atoms with Crippen molar-refractivity contribution in [1.82, 2.24) is 9.97 Å². The molecule has 2 heterocycles. The zero-order valence-electron chi connectivity index (χ0n) is 9.37. The van der Waals surface area contributed by atoms with Crippen LogP contribution >= 0.6 is 0 Å². The van der Waals surface area contributed by atoms with Crippen molar-refractivity contribution in [3.8, 4) is 0 Å². The van der Waals surface area contributed by atoms with Gasteiger partial charge in [0, 0.05) is 19.2 Å². The Kier molecular flexibility index (Phi) is 3.53. The van der Waals surface area contributed by atoms with E-state index in [1.807, 2.05) is 0 Å². The third-order valence-corrected chi connectivity index (χ3v) is 2.45. The summed E-state index contributed by atoms with van der Waals surface area (Å²) in [7, 11) is 0. The van der Waals surface area contributed by atoms with E-state index in [0.717, 1.165) is 0 Å². The lowest BCUT2D eigenvalue weighted by molar-refractivity contribution is -0.144. The fraction of sp³-hybridized carbons (Fsp3) is 0.556. The number of aromatic nitrogens is 2. The Morgan fingerprint density at radius 2 is 1.94 bits per heavy atom. The molecule has 0 spiro atoms. The minimum atomic E-state index is -4.60. The van der Waals surface area contributed by atoms with Crippen molar-refractivity contribution in [1.29, 1.82) is 0 Å². The van der Waals surface area contributed by atoms with Gasteiger partial charge in [-0.2, -0.15) is 13.2 Å². The Morgan fingerprint density at radius 1 is 1.28 bits per heavy atom. The van der Waals surface area contributed by atoms with E-state index >= 15 is 0 Å². The molecule has 1 fully saturated rings. The van der Waals surface area contributed by atoms with E-state index < -0.39 is 12.0 Å². The summed E-state index contributed by atoms with van der Waals surface area (Å²) < 4.78 is 43.0. The minimum absolute atomic E-state index is 0.0705. The van der Waals surface area contributed by atoms with Gasteiger partial charge in [-0.15, -0.1) is 0 Å². The number of morpholine rings is 1. The number of nitrogens with zero attached hydrogens (tertiary/aromatic N) is 3. The molecule has 18 heavy (non-hydrogen) atoms. The molecule has 2 rings (SSSR count). The Balaban J connectivity index is 2.34. The molecule has 1 aromatic heterocycles. The number of nitrogen functional groups attached to an aromatic ring is 1. The van der Waals surface area contributed by atoms with Gasteiger partial charge < -0.3 is 15.1 Å². The summed E-state index contributed by atoms with van der Waals surface area (Å²) in [6.45, 7) is 1.88. The van der Waals surface area contributed by atoms with Crippen molar-refractivity contribution >= 4 is 11.6 Å². The topological polar surface area (TPSA) is 76.3 Å². The van der Waals surface area contributed by atoms with Crippen molar-refractivity contribution in [2.75, 3.05) is 36.6 Å². The highest BCUT2D eigenvalue weighted by atomic mass is 19.4. The number of hydrogen-bond donors (Lipinski definition) is 2. The van der Waals surface area contributed by atoms with Crippen LogP contribution in [0.15, 0.2) is 6.07 Å². The molecule has 3 N–H and O–H groups in total. The Labute approximate surface area is 101 Å². The van der Waals surface area contributed by atoms with Crippen LogP contribution in [0.2, 0.25) is 0 Å². The van der Waals surface area contributed by atoms with Crippen LogP contribution in [0.4, 0.5) is 24.8 Å². The van der Waals surface area contributed by atoms with E-state index in [4.69, 9.17) is 10.6 Å². The van der Waals surface area contributed by atoms with Crippen molar-refractivity contribution in [2.24, 2.45) is 5.84 Å². The van der Waals surface area contributed by atoms with Gasteiger partial charge in [-0.05, 0) is 0 Å². The van der Waals surface area contributed by atoms with Crippen molar-refractivity contribution < 1.29 is 17.9 Å². The molecule has 0 radical (unpaired) electrons. The highest BCUT2D eigenvalue weighted by molar-refractivity contribution is 5.49. The summed E-state index contributed by atoms with van der Waals surface area (Å²) in [5, 5.41) is 0. The van der Waals surface area contributed by atoms with Gasteiger partial charge in [0.05, 0.1) is 13.2 Å². The summed E-state index contributed by atoms with van der Waals surface area (Å²) in [5.74, 6) is 4.02. The molecular formula is C9H12F3N5O. The lowest BCUT2D eigenvalue weighted by atomic mass is 10.4. The summed E-state index contributed by atoms with van der Waals surface area (Å²) >= 11 is 0. The number of anilines is 2. The highest BCUT2D eigenvalue weighted by Crippen LogP contribution is 2.29. The number of hydrogen-bond acceptors (Lipinski definition) is 6. The maximum absolute atomic E-state index is 12.6. The Hall–Kier alpha value is -1.61. The standard InChI is InChI=1S/C9H12F3N5O/c10-9(11,12)8-14-6(16-13)5-7(15-8)17-1-3-18-4-2-17/h5H,1-4,13H2,(H,14,15,16). The molecule has 6 nitrogen and oxygen atoms in total. The molecule has 1 aromatic rings. The lowest BCUT2D eigenvalue weighted by Crippen LogP contribution is -2.37. The molecule has 0 saturated carbocycles. The van der Waals surface area contributed by atoms with E-state index in [-0.39, 0.29) is 11.6 Å². The summed E-state index contributed by atoms with van der Waals surface area (Å²) in [6.07, 6.45) is -4.60. The average molecular weight is 263 g/mol. The largest absolute Gasteiger partial charge is 0.451 e. The summed E-state index contributed by atoms with van der Waals surface area (Å²) in [4.78, 5) is 8.50. The molecule has 100 valence electrons. The molecule has 0 aromatic carbocycles. The van der Waals surface area contributed by atoms with Crippen LogP contribution in [-0.4, -0.2) is 36.3 Å². The van der Waals surface area contributed by atoms with Crippen molar-refractivity contribution in [2.45, 2.75) is 6.18 Å². The third-order valence-electron chi connectivity index (χ3n) is 2.45. The number of alkyl halides is 3. The maximum Gasteiger partial charge on any atom is 0.451 e. The van der Waals surface area contributed by atoms with E-state index in [0.29, 0.717) is 26.3 Å². The second kappa shape index (κ2) is 4.94. The molecule has 0 aliphatic carbocycles. The highest BCUT2D eigenvalue weighted by Gasteiger charge is 2.36. The van der Waals surface area contributed by atoms with Crippen LogP contribution in [0.25, 0.3) is 0 Å². The SMILES string of the molecule is NNc1cc(N2CCOCC2)nc(C(F)(F)F)n1. The van der Waals surface area contributed by atoms with Gasteiger partial charge in [-0.1, -0.05) is 0 Å². The molecule has 1 saturated heterocycles. The molecule has 1 aliphatic heterocycles. The average Bonchev–Trinajstić information content (AvgIpc) is 2.38. The fourth-order valence-corrected chi connectivity index (χ4v) is 1.59. The van der Waals surface area contributed by atoms with E-state index in [2.05, 4.69) is 15.4 Å². The van der Waals surface area contributed by atoms with E-state index in [1.54, 1.807) is 4.90 Å². The monoisotopic (exact) mass is 263 g/mol. The van der Waals surface area contributed by atoms with Crippen LogP contribution in [0.3, 0.4) is 0 Å². The zero-order chi connectivity index (χ0) is 13.2. The predicted molar refractivity (Wildman–Crippen MR) is 57.9 cm³/mol. The molecule has 0 amide bonds. The van der Waals surface area contributed by atoms with E-state index in [1.165, 1.54) is 6.07 Å². The summed E-state index contributed by atoms with van der Waals surface area (Å²) in [5.41, 5.74) is 2.11. The van der Waals surface area contributed by atoms with Gasteiger partial charge in [0.25, 0.3) is 0 Å². The minimum Gasteiger partial charge on any atom is -0.378 e. The maximum atomic E-state index is 12.6. The first-order valence-corrected chi connectivity index (χ1v) is 5.26. The van der Waals surface area contributed by atoms with E-state index in [9.17, 15) is 13.2 Å². The van der Waals surface area contributed by atoms with Crippen LogP contribution < -0.4 is 16.2 Å². The smallest absolute Gasteiger partial charge is 0.378 e. The van der Waals surface area contributed by atoms with Crippen molar-refractivity contribution in [3.05, 3.63) is 11.9 Å². The lowest BCUT2D eigenvalue weighted by Gasteiger charge is -2.28. The van der Waals surface area contributed by atoms with Crippen LogP contribution in [0.5, 0.6) is 0 Å². The van der Waals surface area contributed by atoms with Gasteiger partial charge in [0.15, 0.2) is 0 Å². The van der Waals surface area contributed by atoms with Crippen LogP contribution in [0.1, 0.15) is 5.82 Å². The number of nitrogens with two attached hydrogens (primary N) is 1. The zero-order valence-corrected chi connectivity index (χ0v) is 9.37. The van der Waals surface area contributed by atoms with Gasteiger partial charge in [-0.3, -0.25) is 0 Å². The predicted octanol–water partition coefficient (Wildman–Crippen LogP) is 0.618. The number of hydrazine groups is 1. The number of halogens is 3. The molecule has 0 unspecified atom stereocenters. The normalized spacial score (nSPS) is 16.8.